The van der Waals surface area contributed by atoms with Gasteiger partial charge in [0.2, 0.25) is 0 Å². The van der Waals surface area contributed by atoms with Crippen molar-refractivity contribution in [1.82, 2.24) is 4.98 Å². The lowest BCUT2D eigenvalue weighted by Crippen LogP contribution is -2.29. The van der Waals surface area contributed by atoms with E-state index in [0.29, 0.717) is 18.7 Å². The Morgan fingerprint density at radius 2 is 1.90 bits per heavy atom. The zero-order valence-corrected chi connectivity index (χ0v) is 18.2. The lowest BCUT2D eigenvalue weighted by Gasteiger charge is -2.19. The van der Waals surface area contributed by atoms with Gasteiger partial charge in [0, 0.05) is 17.5 Å². The second-order valence-electron chi connectivity index (χ2n) is 6.69. The van der Waals surface area contributed by atoms with Crippen molar-refractivity contribution in [2.75, 3.05) is 22.8 Å². The smallest absolute Gasteiger partial charge is 0.357 e. The molecule has 10 heteroatoms. The van der Waals surface area contributed by atoms with Crippen LogP contribution >= 0.6 is 11.3 Å². The number of thiazole rings is 1. The highest BCUT2D eigenvalue weighted by Gasteiger charge is 2.30. The molecule has 4 rings (SSSR count). The number of aromatic nitrogens is 1. The van der Waals surface area contributed by atoms with E-state index in [-0.39, 0.29) is 27.9 Å². The van der Waals surface area contributed by atoms with Gasteiger partial charge >= 0.3 is 5.97 Å². The zero-order valence-electron chi connectivity index (χ0n) is 16.6. The number of carbonyl (C=O) groups excluding carboxylic acids is 2. The minimum Gasteiger partial charge on any atom is -0.461 e. The lowest BCUT2D eigenvalue weighted by molar-refractivity contribution is 0.0520. The third-order valence-electron chi connectivity index (χ3n) is 4.76. The molecular weight excluding hydrogens is 438 g/mol. The quantitative estimate of drug-likeness (QED) is 0.569. The van der Waals surface area contributed by atoms with E-state index < -0.39 is 21.9 Å². The molecule has 0 fully saturated rings. The molecule has 0 unspecified atom stereocenters. The molecule has 160 valence electrons. The van der Waals surface area contributed by atoms with Crippen LogP contribution in [0.2, 0.25) is 0 Å². The molecule has 1 amide bonds. The minimum atomic E-state index is -3.73. The van der Waals surface area contributed by atoms with Crippen molar-refractivity contribution in [3.8, 4) is 0 Å². The Morgan fingerprint density at radius 3 is 2.65 bits per heavy atom. The molecule has 2 heterocycles. The number of nitrogens with one attached hydrogen (secondary N) is 1. The van der Waals surface area contributed by atoms with E-state index >= 15 is 0 Å². The molecule has 3 aromatic rings. The van der Waals surface area contributed by atoms with Gasteiger partial charge in [-0.3, -0.25) is 14.4 Å². The summed E-state index contributed by atoms with van der Waals surface area (Å²) in [4.78, 5) is 28.3. The number of fused-ring (bicyclic) bond motifs is 1. The van der Waals surface area contributed by atoms with E-state index in [9.17, 15) is 18.0 Å². The van der Waals surface area contributed by atoms with Gasteiger partial charge in [-0.1, -0.05) is 18.2 Å². The summed E-state index contributed by atoms with van der Waals surface area (Å²) in [6, 6.07) is 13.1. The Hall–Kier alpha value is -3.24. The average molecular weight is 458 g/mol. The molecule has 0 saturated heterocycles. The molecule has 1 N–H and O–H groups in total. The van der Waals surface area contributed by atoms with E-state index in [1.54, 1.807) is 13.0 Å². The van der Waals surface area contributed by atoms with E-state index in [0.717, 1.165) is 16.9 Å². The zero-order chi connectivity index (χ0) is 22.0. The van der Waals surface area contributed by atoms with Gasteiger partial charge in [-0.15, -0.1) is 11.3 Å². The Morgan fingerprint density at radius 1 is 1.16 bits per heavy atom. The Labute approximate surface area is 183 Å². The van der Waals surface area contributed by atoms with Gasteiger partial charge < -0.3 is 4.74 Å². The van der Waals surface area contributed by atoms with Gasteiger partial charge in [-0.05, 0) is 49.2 Å². The highest BCUT2D eigenvalue weighted by molar-refractivity contribution is 7.92. The summed E-state index contributed by atoms with van der Waals surface area (Å²) in [5, 5.41) is 4.35. The first kappa shape index (κ1) is 21.0. The number of benzene rings is 2. The molecule has 0 radical (unpaired) electrons. The van der Waals surface area contributed by atoms with Crippen molar-refractivity contribution in [2.45, 2.75) is 18.2 Å². The standard InChI is InChI=1S/C21H19N3O5S2/c1-2-29-20(26)17-13-30-21(22-17)23-19(25)15-7-9-16(10-8-15)31(27,28)24-12-11-14-5-3-4-6-18(14)24/h3-10,13H,2,11-12H2,1H3,(H,22,23,25). The average Bonchev–Trinajstić information content (AvgIpc) is 3.41. The maximum Gasteiger partial charge on any atom is 0.357 e. The molecule has 2 aromatic carbocycles. The first-order valence-electron chi connectivity index (χ1n) is 9.55. The molecule has 1 aliphatic heterocycles. The van der Waals surface area contributed by atoms with Crippen LogP contribution in [0.5, 0.6) is 0 Å². The van der Waals surface area contributed by atoms with Crippen LogP contribution in [0.3, 0.4) is 0 Å². The predicted molar refractivity (Wildman–Crippen MR) is 117 cm³/mol. The number of nitrogens with zero attached hydrogens (tertiary/aromatic N) is 2. The summed E-state index contributed by atoms with van der Waals surface area (Å²) in [5.74, 6) is -1.02. The van der Waals surface area contributed by atoms with Crippen molar-refractivity contribution in [3.63, 3.8) is 0 Å². The maximum absolute atomic E-state index is 13.1. The summed E-state index contributed by atoms with van der Waals surface area (Å²) >= 11 is 1.10. The number of para-hydroxylation sites is 1. The van der Waals surface area contributed by atoms with Crippen LogP contribution in [-0.2, 0) is 21.2 Å². The first-order valence-corrected chi connectivity index (χ1v) is 11.9. The number of hydrogen-bond donors (Lipinski definition) is 1. The van der Waals surface area contributed by atoms with Crippen LogP contribution in [0.4, 0.5) is 10.8 Å². The van der Waals surface area contributed by atoms with Crippen LogP contribution in [-0.4, -0.2) is 38.4 Å². The number of ether oxygens (including phenoxy) is 1. The maximum atomic E-state index is 13.1. The molecular formula is C21H19N3O5S2. The van der Waals surface area contributed by atoms with Crippen molar-refractivity contribution < 1.29 is 22.7 Å². The van der Waals surface area contributed by atoms with Gasteiger partial charge in [0.15, 0.2) is 10.8 Å². The number of rotatable bonds is 6. The number of sulfonamides is 1. The van der Waals surface area contributed by atoms with Crippen LogP contribution < -0.4 is 9.62 Å². The normalized spacial score (nSPS) is 13.0. The SMILES string of the molecule is CCOC(=O)c1csc(NC(=O)c2ccc(S(=O)(=O)N3CCc4ccccc43)cc2)n1. The van der Waals surface area contributed by atoms with Gasteiger partial charge in [0.05, 0.1) is 17.2 Å². The van der Waals surface area contributed by atoms with E-state index in [1.165, 1.54) is 34.0 Å². The fourth-order valence-corrected chi connectivity index (χ4v) is 5.44. The number of hydrogen-bond acceptors (Lipinski definition) is 7. The molecule has 0 spiro atoms. The molecule has 1 aliphatic rings. The van der Waals surface area contributed by atoms with Gasteiger partial charge in [-0.25, -0.2) is 18.2 Å². The summed E-state index contributed by atoms with van der Waals surface area (Å²) in [6.07, 6.45) is 0.664. The largest absolute Gasteiger partial charge is 0.461 e. The number of anilines is 2. The Balaban J connectivity index is 1.48. The third kappa shape index (κ3) is 4.17. The monoisotopic (exact) mass is 457 g/mol. The van der Waals surface area contributed by atoms with Gasteiger partial charge in [-0.2, -0.15) is 0 Å². The second kappa shape index (κ2) is 8.48. The van der Waals surface area contributed by atoms with Crippen LogP contribution in [0, 0.1) is 0 Å². The van der Waals surface area contributed by atoms with Crippen LogP contribution in [0.15, 0.2) is 58.8 Å². The summed E-state index contributed by atoms with van der Waals surface area (Å²) in [6.45, 7) is 2.31. The molecule has 0 saturated carbocycles. The van der Waals surface area contributed by atoms with Crippen molar-refractivity contribution in [3.05, 3.63) is 70.7 Å². The Bertz CT molecular complexity index is 1240. The lowest BCUT2D eigenvalue weighted by atomic mass is 10.2. The highest BCUT2D eigenvalue weighted by Crippen LogP contribution is 2.32. The van der Waals surface area contributed by atoms with Crippen LogP contribution in [0.25, 0.3) is 0 Å². The highest BCUT2D eigenvalue weighted by atomic mass is 32.2. The van der Waals surface area contributed by atoms with Crippen molar-refractivity contribution in [2.24, 2.45) is 0 Å². The van der Waals surface area contributed by atoms with Gasteiger partial charge in [0.1, 0.15) is 0 Å². The van der Waals surface area contributed by atoms with E-state index in [1.807, 2.05) is 18.2 Å². The fraction of sp³-hybridized carbons (Fsp3) is 0.190. The first-order chi connectivity index (χ1) is 14.9. The van der Waals surface area contributed by atoms with E-state index in [4.69, 9.17) is 4.74 Å². The fourth-order valence-electron chi connectivity index (χ4n) is 3.26. The second-order valence-corrected chi connectivity index (χ2v) is 9.41. The number of carbonyl (C=O) groups is 2. The molecule has 1 aromatic heterocycles. The number of esters is 1. The Kier molecular flexibility index (Phi) is 5.75. The molecule has 31 heavy (non-hydrogen) atoms. The van der Waals surface area contributed by atoms with Crippen molar-refractivity contribution >= 4 is 44.1 Å². The topological polar surface area (TPSA) is 106 Å². The molecule has 0 aliphatic carbocycles. The summed E-state index contributed by atoms with van der Waals surface area (Å²) < 4.78 is 32.4. The predicted octanol–water partition coefficient (Wildman–Crippen LogP) is 3.32. The number of amides is 1. The van der Waals surface area contributed by atoms with E-state index in [2.05, 4.69) is 10.3 Å². The molecule has 0 atom stereocenters. The minimum absolute atomic E-state index is 0.111. The third-order valence-corrected chi connectivity index (χ3v) is 7.34. The van der Waals surface area contributed by atoms with Gasteiger partial charge in [0.25, 0.3) is 15.9 Å². The van der Waals surface area contributed by atoms with Crippen molar-refractivity contribution in [1.29, 1.82) is 0 Å². The summed E-state index contributed by atoms with van der Waals surface area (Å²) in [5.41, 5.74) is 2.07. The summed E-state index contributed by atoms with van der Waals surface area (Å²) in [7, 11) is -3.73. The molecule has 8 nitrogen and oxygen atoms in total. The van der Waals surface area contributed by atoms with Crippen LogP contribution in [0.1, 0.15) is 33.3 Å². The molecule has 0 bridgehead atoms.